The Hall–Kier alpha value is -1.85. The Morgan fingerprint density at radius 3 is 2.50 bits per heavy atom. The number of aryl methyl sites for hydroxylation is 1. The quantitative estimate of drug-likeness (QED) is 0.238. The second-order valence-corrected chi connectivity index (χ2v) is 8.98. The molecule has 10 heteroatoms. The van der Waals surface area contributed by atoms with Crippen LogP contribution in [0.15, 0.2) is 17.6 Å². The largest absolute Gasteiger partial charge is 0.444 e. The number of hydrogen-bond acceptors (Lipinski definition) is 5. The van der Waals surface area contributed by atoms with Crippen molar-refractivity contribution in [1.82, 2.24) is 29.9 Å². The number of carbonyl (C=O) groups is 1. The SMILES string of the molecule is C=CCNC(=NCc1nnc(C)n1C)N1CCC(CN(CC)C(=O)OC(C)(C)C)CC1.I. The van der Waals surface area contributed by atoms with Crippen LogP contribution in [-0.2, 0) is 18.3 Å². The molecule has 1 aromatic heterocycles. The number of aliphatic imine (C=N–C) groups is 1. The van der Waals surface area contributed by atoms with E-state index in [1.807, 2.05) is 57.2 Å². The van der Waals surface area contributed by atoms with Crippen LogP contribution in [0, 0.1) is 12.8 Å². The number of likely N-dealkylation sites (tertiary alicyclic amines) is 1. The minimum Gasteiger partial charge on any atom is -0.444 e. The van der Waals surface area contributed by atoms with Crippen molar-refractivity contribution in [2.75, 3.05) is 32.7 Å². The molecule has 182 valence electrons. The Labute approximate surface area is 209 Å². The Balaban J connectivity index is 0.00000512. The zero-order valence-electron chi connectivity index (χ0n) is 20.4. The van der Waals surface area contributed by atoms with Crippen LogP contribution in [0.5, 0.6) is 0 Å². The summed E-state index contributed by atoms with van der Waals surface area (Å²) in [5.74, 6) is 3.02. The van der Waals surface area contributed by atoms with Gasteiger partial charge in [-0.2, -0.15) is 0 Å². The van der Waals surface area contributed by atoms with Crippen molar-refractivity contribution < 1.29 is 9.53 Å². The van der Waals surface area contributed by atoms with Gasteiger partial charge in [0.1, 0.15) is 18.0 Å². The summed E-state index contributed by atoms with van der Waals surface area (Å²) in [5.41, 5.74) is -0.475. The molecule has 2 heterocycles. The van der Waals surface area contributed by atoms with Crippen LogP contribution < -0.4 is 5.32 Å². The average Bonchev–Trinajstić information content (AvgIpc) is 3.03. The number of ether oxygens (including phenoxy) is 1. The van der Waals surface area contributed by atoms with E-state index in [0.29, 0.717) is 25.6 Å². The van der Waals surface area contributed by atoms with Crippen LogP contribution in [0.1, 0.15) is 52.2 Å². The molecule has 0 aromatic carbocycles. The first kappa shape index (κ1) is 28.2. The Morgan fingerprint density at radius 1 is 1.34 bits per heavy atom. The van der Waals surface area contributed by atoms with Gasteiger partial charge in [-0.3, -0.25) is 0 Å². The van der Waals surface area contributed by atoms with Crippen LogP contribution in [0.25, 0.3) is 0 Å². The first-order valence-corrected chi connectivity index (χ1v) is 11.1. The highest BCUT2D eigenvalue weighted by atomic mass is 127. The number of piperidine rings is 1. The average molecular weight is 562 g/mol. The molecule has 0 aliphatic carbocycles. The maximum absolute atomic E-state index is 12.4. The zero-order valence-corrected chi connectivity index (χ0v) is 22.8. The molecular formula is C22H40IN7O2. The summed E-state index contributed by atoms with van der Waals surface area (Å²) >= 11 is 0. The van der Waals surface area contributed by atoms with Crippen molar-refractivity contribution in [3.05, 3.63) is 24.3 Å². The fourth-order valence-electron chi connectivity index (χ4n) is 3.46. The van der Waals surface area contributed by atoms with Crippen LogP contribution >= 0.6 is 24.0 Å². The molecule has 1 fully saturated rings. The van der Waals surface area contributed by atoms with Gasteiger partial charge in [0.25, 0.3) is 0 Å². The highest BCUT2D eigenvalue weighted by Crippen LogP contribution is 2.20. The summed E-state index contributed by atoms with van der Waals surface area (Å²) in [6.45, 7) is 17.7. The van der Waals surface area contributed by atoms with Crippen LogP contribution in [0.3, 0.4) is 0 Å². The fourth-order valence-corrected chi connectivity index (χ4v) is 3.46. The van der Waals surface area contributed by atoms with Crippen molar-refractivity contribution in [2.45, 2.75) is 59.6 Å². The molecule has 0 saturated carbocycles. The zero-order chi connectivity index (χ0) is 23.0. The normalized spacial score (nSPS) is 15.2. The number of amides is 1. The van der Waals surface area contributed by atoms with Gasteiger partial charge < -0.3 is 24.4 Å². The third-order valence-electron chi connectivity index (χ3n) is 5.38. The number of nitrogens with zero attached hydrogens (tertiary/aromatic N) is 6. The van der Waals surface area contributed by atoms with Gasteiger partial charge in [0, 0.05) is 39.8 Å². The van der Waals surface area contributed by atoms with E-state index in [1.165, 1.54) is 0 Å². The second kappa shape index (κ2) is 13.0. The third-order valence-corrected chi connectivity index (χ3v) is 5.38. The summed E-state index contributed by atoms with van der Waals surface area (Å²) < 4.78 is 7.50. The molecular weight excluding hydrogens is 521 g/mol. The Bertz CT molecular complexity index is 765. The highest BCUT2D eigenvalue weighted by molar-refractivity contribution is 14.0. The van der Waals surface area contributed by atoms with E-state index in [0.717, 1.165) is 50.1 Å². The van der Waals surface area contributed by atoms with Gasteiger partial charge in [-0.25, -0.2) is 9.79 Å². The van der Waals surface area contributed by atoms with Crippen LogP contribution in [0.2, 0.25) is 0 Å². The number of guanidine groups is 1. The number of aromatic nitrogens is 3. The molecule has 9 nitrogen and oxygen atoms in total. The minimum atomic E-state index is -0.475. The lowest BCUT2D eigenvalue weighted by Crippen LogP contribution is -2.48. The lowest BCUT2D eigenvalue weighted by Gasteiger charge is -2.36. The molecule has 1 amide bonds. The van der Waals surface area contributed by atoms with E-state index in [2.05, 4.69) is 27.0 Å². The maximum Gasteiger partial charge on any atom is 0.410 e. The van der Waals surface area contributed by atoms with Crippen molar-refractivity contribution in [3.63, 3.8) is 0 Å². The number of nitrogens with one attached hydrogen (secondary N) is 1. The number of carbonyl (C=O) groups excluding carboxylic acids is 1. The van der Waals surface area contributed by atoms with E-state index >= 15 is 0 Å². The molecule has 1 aromatic rings. The van der Waals surface area contributed by atoms with E-state index in [4.69, 9.17) is 9.73 Å². The summed E-state index contributed by atoms with van der Waals surface area (Å²) in [4.78, 5) is 21.3. The third kappa shape index (κ3) is 8.59. The number of rotatable bonds is 7. The topological polar surface area (TPSA) is 87.9 Å². The second-order valence-electron chi connectivity index (χ2n) is 8.98. The predicted octanol–water partition coefficient (Wildman–Crippen LogP) is 3.34. The van der Waals surface area contributed by atoms with Gasteiger partial charge in [-0.1, -0.05) is 6.08 Å². The molecule has 0 radical (unpaired) electrons. The monoisotopic (exact) mass is 561 g/mol. The standard InChI is InChI=1S/C22H39N7O2.HI/c1-8-12-23-20(24-15-19-26-25-17(3)27(19)7)29-13-10-18(11-14-29)16-28(9-2)21(30)31-22(4,5)6;/h8,18H,1,9-16H2,2-7H3,(H,23,24);1H. The van der Waals surface area contributed by atoms with Gasteiger partial charge in [0.2, 0.25) is 0 Å². The minimum absolute atomic E-state index is 0. The summed E-state index contributed by atoms with van der Waals surface area (Å²) in [6, 6.07) is 0. The van der Waals surface area contributed by atoms with Gasteiger partial charge in [0.05, 0.1) is 0 Å². The van der Waals surface area contributed by atoms with Crippen molar-refractivity contribution in [2.24, 2.45) is 18.0 Å². The lowest BCUT2D eigenvalue weighted by atomic mass is 9.96. The number of hydrogen-bond donors (Lipinski definition) is 1. The first-order chi connectivity index (χ1) is 14.6. The van der Waals surface area contributed by atoms with E-state index in [1.54, 1.807) is 0 Å². The van der Waals surface area contributed by atoms with Gasteiger partial charge in [-0.05, 0) is 53.4 Å². The van der Waals surface area contributed by atoms with Crippen LogP contribution in [0.4, 0.5) is 4.79 Å². The molecule has 1 aliphatic heterocycles. The van der Waals surface area contributed by atoms with Crippen molar-refractivity contribution in [1.29, 1.82) is 0 Å². The van der Waals surface area contributed by atoms with E-state index in [9.17, 15) is 4.79 Å². The molecule has 0 unspecified atom stereocenters. The highest BCUT2D eigenvalue weighted by Gasteiger charge is 2.27. The van der Waals surface area contributed by atoms with Gasteiger partial charge >= 0.3 is 6.09 Å². The van der Waals surface area contributed by atoms with Crippen LogP contribution in [-0.4, -0.2) is 74.9 Å². The van der Waals surface area contributed by atoms with Crippen molar-refractivity contribution >= 4 is 36.0 Å². The molecule has 0 atom stereocenters. The molecule has 0 bridgehead atoms. The summed E-state index contributed by atoms with van der Waals surface area (Å²) in [6.07, 6.45) is 3.59. The molecule has 0 spiro atoms. The fraction of sp³-hybridized carbons (Fsp3) is 0.727. The molecule has 2 rings (SSSR count). The summed E-state index contributed by atoms with van der Waals surface area (Å²) in [7, 11) is 1.95. The summed E-state index contributed by atoms with van der Waals surface area (Å²) in [5, 5.41) is 11.7. The Morgan fingerprint density at radius 2 is 2.00 bits per heavy atom. The van der Waals surface area contributed by atoms with E-state index < -0.39 is 5.60 Å². The first-order valence-electron chi connectivity index (χ1n) is 11.1. The smallest absolute Gasteiger partial charge is 0.410 e. The number of halogens is 1. The molecule has 1 N–H and O–H groups in total. The molecule has 32 heavy (non-hydrogen) atoms. The van der Waals surface area contributed by atoms with Gasteiger partial charge in [-0.15, -0.1) is 40.8 Å². The predicted molar refractivity (Wildman–Crippen MR) is 138 cm³/mol. The maximum atomic E-state index is 12.4. The van der Waals surface area contributed by atoms with E-state index in [-0.39, 0.29) is 30.1 Å². The van der Waals surface area contributed by atoms with Gasteiger partial charge in [0.15, 0.2) is 11.8 Å². The molecule has 1 aliphatic rings. The lowest BCUT2D eigenvalue weighted by molar-refractivity contribution is 0.0214. The Kier molecular flexibility index (Phi) is 11.5. The van der Waals surface area contributed by atoms with Crippen molar-refractivity contribution in [3.8, 4) is 0 Å². The molecule has 1 saturated heterocycles.